The van der Waals surface area contributed by atoms with Crippen molar-refractivity contribution in [2.75, 3.05) is 6.26 Å². The molecule has 0 amide bonds. The van der Waals surface area contributed by atoms with Crippen LogP contribution in [-0.4, -0.2) is 24.7 Å². The van der Waals surface area contributed by atoms with Crippen molar-refractivity contribution in [3.8, 4) is 0 Å². The van der Waals surface area contributed by atoms with E-state index in [1.54, 1.807) is 3.96 Å². The van der Waals surface area contributed by atoms with E-state index < -0.39 is 14.4 Å². The zero-order valence-electron chi connectivity index (χ0n) is 10.2. The van der Waals surface area contributed by atoms with Crippen molar-refractivity contribution in [3.05, 3.63) is 0 Å². The molecule has 0 saturated carbocycles. The molecule has 0 spiro atoms. The summed E-state index contributed by atoms with van der Waals surface area (Å²) in [4.78, 5) is 0. The molecule has 0 fully saturated rings. The highest BCUT2D eigenvalue weighted by Gasteiger charge is 2.22. The average Bonchev–Trinajstić information content (AvgIpc) is 1.78. The maximum Gasteiger partial charge on any atom is 0.115 e. The van der Waals surface area contributed by atoms with Gasteiger partial charge in [-0.2, -0.15) is 0 Å². The van der Waals surface area contributed by atoms with E-state index in [1.165, 1.54) is 7.41 Å². The van der Waals surface area contributed by atoms with Gasteiger partial charge in [0.1, 0.15) is 14.4 Å². The fraction of sp³-hybridized carbons (Fsp3) is 0.875. The van der Waals surface area contributed by atoms with Crippen molar-refractivity contribution < 1.29 is 0 Å². The van der Waals surface area contributed by atoms with Gasteiger partial charge in [-0.3, -0.25) is 0 Å². The summed E-state index contributed by atoms with van der Waals surface area (Å²) < 4.78 is 1.65. The molecule has 0 unspecified atom stereocenters. The normalized spacial score (nSPS) is 13.4. The second-order valence-electron chi connectivity index (χ2n) is 4.97. The van der Waals surface area contributed by atoms with Crippen LogP contribution in [0.2, 0.25) is 39.3 Å². The molecule has 14 heavy (non-hydrogen) atoms. The largest absolute Gasteiger partial charge is 0.140 e. The molecule has 0 aromatic carbocycles. The fourth-order valence-corrected chi connectivity index (χ4v) is 20.9. The second-order valence-corrected chi connectivity index (χ2v) is 26.7. The van der Waals surface area contributed by atoms with Crippen LogP contribution >= 0.6 is 41.2 Å². The molecule has 0 aliphatic rings. The molecule has 0 radical (unpaired) electrons. The van der Waals surface area contributed by atoms with Crippen LogP contribution in [0.15, 0.2) is 0 Å². The van der Waals surface area contributed by atoms with Gasteiger partial charge in [0.25, 0.3) is 0 Å². The quantitative estimate of drug-likeness (QED) is 0.490. The molecular formula is C8H21PS3Si2. The molecule has 0 aliphatic heterocycles. The predicted octanol–water partition coefficient (Wildman–Crippen LogP) is 5.43. The lowest BCUT2D eigenvalue weighted by atomic mass is 11.8. The Labute approximate surface area is 105 Å². The van der Waals surface area contributed by atoms with Gasteiger partial charge in [0.05, 0.1) is 3.96 Å². The molecule has 0 nitrogen and oxygen atoms in total. The summed E-state index contributed by atoms with van der Waals surface area (Å²) in [5.41, 5.74) is 0. The maximum absolute atomic E-state index is 2.43. The van der Waals surface area contributed by atoms with Crippen LogP contribution in [0.4, 0.5) is 0 Å². The van der Waals surface area contributed by atoms with Crippen LogP contribution in [-0.2, 0) is 0 Å². The third-order valence-electron chi connectivity index (χ3n) is 0.953. The van der Waals surface area contributed by atoms with Crippen molar-refractivity contribution in [2.45, 2.75) is 39.3 Å². The van der Waals surface area contributed by atoms with Gasteiger partial charge in [-0.25, -0.2) is 0 Å². The molecule has 6 heteroatoms. The Morgan fingerprint density at radius 1 is 0.857 bits per heavy atom. The minimum absolute atomic E-state index is 0.997. The molecule has 0 aromatic heterocycles. The molecule has 0 atom stereocenters. The lowest BCUT2D eigenvalue weighted by molar-refractivity contribution is 1.88. The highest BCUT2D eigenvalue weighted by molar-refractivity contribution is 8.69. The summed E-state index contributed by atoms with van der Waals surface area (Å²) >= 11 is 6.28. The van der Waals surface area contributed by atoms with Crippen LogP contribution in [0.25, 0.3) is 0 Å². The van der Waals surface area contributed by atoms with E-state index in [0.29, 0.717) is 0 Å². The Morgan fingerprint density at radius 3 is 1.43 bits per heavy atom. The summed E-state index contributed by atoms with van der Waals surface area (Å²) in [7, 11) is -0.523. The molecule has 0 saturated heterocycles. The first-order valence-corrected chi connectivity index (χ1v) is 17.4. The first kappa shape index (κ1) is 15.7. The SMILES string of the molecule is CSP=C(S[Si](C)(C)C)S[Si](C)(C)C. The molecule has 0 heterocycles. The van der Waals surface area contributed by atoms with Gasteiger partial charge in [0, 0.05) is 0 Å². The Balaban J connectivity index is 4.41. The van der Waals surface area contributed by atoms with Gasteiger partial charge in [-0.05, 0) is 13.7 Å². The average molecular weight is 301 g/mol. The van der Waals surface area contributed by atoms with E-state index >= 15 is 0 Å². The van der Waals surface area contributed by atoms with Crippen LogP contribution in [0.5, 0.6) is 0 Å². The minimum atomic E-state index is -0.997. The van der Waals surface area contributed by atoms with Gasteiger partial charge in [0.2, 0.25) is 0 Å². The summed E-state index contributed by atoms with van der Waals surface area (Å²) in [6.45, 7) is 14.6. The lowest BCUT2D eigenvalue weighted by Gasteiger charge is -2.22. The van der Waals surface area contributed by atoms with Crippen molar-refractivity contribution >= 4 is 59.6 Å². The van der Waals surface area contributed by atoms with Crippen LogP contribution in [0, 0.1) is 0 Å². The van der Waals surface area contributed by atoms with E-state index in [0.717, 1.165) is 0 Å². The zero-order chi connectivity index (χ0) is 11.4. The Bertz CT molecular complexity index is 188. The van der Waals surface area contributed by atoms with E-state index in [9.17, 15) is 0 Å². The van der Waals surface area contributed by atoms with Crippen molar-refractivity contribution in [3.63, 3.8) is 0 Å². The summed E-state index contributed by atoms with van der Waals surface area (Å²) in [6, 6.07) is 0. The molecule has 0 rings (SSSR count). The standard InChI is InChI=1S/C8H21PS3Si2/c1-10-9-8(11-13(2,3)4)12-14(5,6)7/h1-7H3. The van der Waals surface area contributed by atoms with Gasteiger partial charge < -0.3 is 0 Å². The molecule has 0 bridgehead atoms. The second kappa shape index (κ2) is 6.40. The Kier molecular flexibility index (Phi) is 7.16. The van der Waals surface area contributed by atoms with Gasteiger partial charge in [0.15, 0.2) is 0 Å². The van der Waals surface area contributed by atoms with Gasteiger partial charge in [-0.1, -0.05) is 39.3 Å². The molecule has 0 aliphatic carbocycles. The summed E-state index contributed by atoms with van der Waals surface area (Å²) in [6.07, 6.45) is 2.19. The van der Waals surface area contributed by atoms with E-state index in [1.807, 2.05) is 11.4 Å². The monoisotopic (exact) mass is 300 g/mol. The smallest absolute Gasteiger partial charge is 0.115 e. The topological polar surface area (TPSA) is 0 Å². The van der Waals surface area contributed by atoms with E-state index in [2.05, 4.69) is 68.0 Å². The predicted molar refractivity (Wildman–Crippen MR) is 87.3 cm³/mol. The maximum atomic E-state index is 2.43. The number of hydrogen-bond acceptors (Lipinski definition) is 3. The molecular weight excluding hydrogens is 279 g/mol. The number of hydrogen-bond donors (Lipinski definition) is 0. The van der Waals surface area contributed by atoms with Gasteiger partial charge in [-0.15, -0.1) is 33.8 Å². The van der Waals surface area contributed by atoms with Crippen LogP contribution < -0.4 is 0 Å². The molecule has 84 valence electrons. The molecule has 0 N–H and O–H groups in total. The highest BCUT2D eigenvalue weighted by Crippen LogP contribution is 2.38. The summed E-state index contributed by atoms with van der Waals surface area (Å²) in [5, 5.41) is 0. The van der Waals surface area contributed by atoms with Crippen molar-refractivity contribution in [2.24, 2.45) is 0 Å². The van der Waals surface area contributed by atoms with Crippen LogP contribution in [0.3, 0.4) is 0 Å². The first-order valence-electron chi connectivity index (χ1n) is 4.63. The number of rotatable bonds is 5. The fourth-order valence-electron chi connectivity index (χ4n) is 0.656. The minimum Gasteiger partial charge on any atom is -0.140 e. The van der Waals surface area contributed by atoms with E-state index in [-0.39, 0.29) is 0 Å². The Morgan fingerprint density at radius 2 is 1.21 bits per heavy atom. The zero-order valence-corrected chi connectivity index (χ0v) is 15.5. The lowest BCUT2D eigenvalue weighted by Crippen LogP contribution is -2.20. The van der Waals surface area contributed by atoms with Crippen molar-refractivity contribution in [1.29, 1.82) is 0 Å². The first-order chi connectivity index (χ1) is 6.14. The Hall–Kier alpha value is 1.65. The van der Waals surface area contributed by atoms with Crippen LogP contribution in [0.1, 0.15) is 0 Å². The van der Waals surface area contributed by atoms with Gasteiger partial charge >= 0.3 is 0 Å². The summed E-state index contributed by atoms with van der Waals surface area (Å²) in [5.74, 6) is 0. The molecule has 0 aromatic rings. The van der Waals surface area contributed by atoms with E-state index in [4.69, 9.17) is 0 Å². The highest BCUT2D eigenvalue weighted by atomic mass is 32.7. The third kappa shape index (κ3) is 10.2. The third-order valence-corrected chi connectivity index (χ3v) is 13.1. The van der Waals surface area contributed by atoms with Crippen molar-refractivity contribution in [1.82, 2.24) is 0 Å².